The van der Waals surface area contributed by atoms with Crippen molar-refractivity contribution in [1.82, 2.24) is 4.98 Å². The molecule has 0 bridgehead atoms. The lowest BCUT2D eigenvalue weighted by molar-refractivity contribution is 0.340. The van der Waals surface area contributed by atoms with E-state index < -0.39 is 0 Å². The standard InChI is InChI=1S/C19H18N2O2S/c1-3-23-14-6-4-13(5-7-14)20-19-21-18-16-9-8-15(22-2)10-12(16)11-17(18)24-19/h4-10H,3,11H2,1-2H3,(H,20,21). The molecular weight excluding hydrogens is 320 g/mol. The van der Waals surface area contributed by atoms with Gasteiger partial charge in [-0.1, -0.05) is 0 Å². The Labute approximate surface area is 145 Å². The third-order valence-corrected chi connectivity index (χ3v) is 5.00. The molecule has 0 saturated carbocycles. The number of anilines is 2. The number of nitrogens with one attached hydrogen (secondary N) is 1. The van der Waals surface area contributed by atoms with Gasteiger partial charge in [0.2, 0.25) is 0 Å². The largest absolute Gasteiger partial charge is 0.497 e. The van der Waals surface area contributed by atoms with E-state index in [1.54, 1.807) is 18.4 Å². The number of hydrogen-bond donors (Lipinski definition) is 1. The van der Waals surface area contributed by atoms with Gasteiger partial charge in [-0.2, -0.15) is 0 Å². The van der Waals surface area contributed by atoms with Gasteiger partial charge in [-0.3, -0.25) is 0 Å². The number of thiazole rings is 1. The van der Waals surface area contributed by atoms with Gasteiger partial charge in [0.15, 0.2) is 5.13 Å². The number of nitrogens with zero attached hydrogens (tertiary/aromatic N) is 1. The quantitative estimate of drug-likeness (QED) is 0.564. The molecule has 5 heteroatoms. The van der Waals surface area contributed by atoms with Crippen molar-refractivity contribution in [2.75, 3.05) is 19.0 Å². The Hall–Kier alpha value is -2.53. The number of fused-ring (bicyclic) bond motifs is 3. The van der Waals surface area contributed by atoms with Crippen LogP contribution in [0.3, 0.4) is 0 Å². The Morgan fingerprint density at radius 3 is 2.67 bits per heavy atom. The first-order valence-corrected chi connectivity index (χ1v) is 8.75. The smallest absolute Gasteiger partial charge is 0.187 e. The van der Waals surface area contributed by atoms with E-state index >= 15 is 0 Å². The zero-order valence-corrected chi connectivity index (χ0v) is 14.4. The molecule has 24 heavy (non-hydrogen) atoms. The molecule has 1 heterocycles. The Bertz CT molecular complexity index is 872. The zero-order chi connectivity index (χ0) is 16.5. The normalized spacial score (nSPS) is 11.8. The predicted octanol–water partition coefficient (Wildman–Crippen LogP) is 4.87. The van der Waals surface area contributed by atoms with Crippen LogP contribution in [-0.4, -0.2) is 18.7 Å². The molecule has 1 aliphatic carbocycles. The summed E-state index contributed by atoms with van der Waals surface area (Å²) in [4.78, 5) is 6.07. The van der Waals surface area contributed by atoms with E-state index in [0.717, 1.165) is 34.4 Å². The molecule has 0 unspecified atom stereocenters. The van der Waals surface area contributed by atoms with Gasteiger partial charge in [-0.05, 0) is 55.0 Å². The lowest BCUT2D eigenvalue weighted by Gasteiger charge is -2.06. The molecule has 0 saturated heterocycles. The second kappa shape index (κ2) is 6.17. The molecular formula is C19H18N2O2S. The van der Waals surface area contributed by atoms with E-state index in [-0.39, 0.29) is 0 Å². The maximum atomic E-state index is 5.47. The van der Waals surface area contributed by atoms with E-state index in [2.05, 4.69) is 17.4 Å². The molecule has 0 fully saturated rings. The summed E-state index contributed by atoms with van der Waals surface area (Å²) < 4.78 is 10.8. The summed E-state index contributed by atoms with van der Waals surface area (Å²) in [7, 11) is 1.70. The van der Waals surface area contributed by atoms with Crippen molar-refractivity contribution >= 4 is 22.2 Å². The van der Waals surface area contributed by atoms with Crippen LogP contribution in [0.15, 0.2) is 42.5 Å². The summed E-state index contributed by atoms with van der Waals surface area (Å²) in [5.41, 5.74) is 4.60. The van der Waals surface area contributed by atoms with Crippen molar-refractivity contribution in [2.45, 2.75) is 13.3 Å². The van der Waals surface area contributed by atoms with Crippen LogP contribution in [0.2, 0.25) is 0 Å². The molecule has 0 spiro atoms. The van der Waals surface area contributed by atoms with Crippen molar-refractivity contribution in [2.24, 2.45) is 0 Å². The number of aromatic nitrogens is 1. The van der Waals surface area contributed by atoms with Gasteiger partial charge in [0, 0.05) is 22.5 Å². The number of rotatable bonds is 5. The summed E-state index contributed by atoms with van der Waals surface area (Å²) in [6.45, 7) is 2.66. The van der Waals surface area contributed by atoms with Gasteiger partial charge >= 0.3 is 0 Å². The molecule has 0 atom stereocenters. The molecule has 1 aliphatic rings. The molecule has 0 aliphatic heterocycles. The highest BCUT2D eigenvalue weighted by atomic mass is 32.1. The van der Waals surface area contributed by atoms with Gasteiger partial charge in [0.05, 0.1) is 19.4 Å². The Morgan fingerprint density at radius 1 is 1.12 bits per heavy atom. The highest BCUT2D eigenvalue weighted by molar-refractivity contribution is 7.16. The van der Waals surface area contributed by atoms with Crippen LogP contribution in [0, 0.1) is 0 Å². The number of hydrogen-bond acceptors (Lipinski definition) is 5. The fraction of sp³-hybridized carbons (Fsp3) is 0.211. The lowest BCUT2D eigenvalue weighted by atomic mass is 10.1. The summed E-state index contributed by atoms with van der Waals surface area (Å²) in [6, 6.07) is 14.1. The molecule has 4 rings (SSSR count). The minimum Gasteiger partial charge on any atom is -0.497 e. The molecule has 122 valence electrons. The minimum absolute atomic E-state index is 0.677. The van der Waals surface area contributed by atoms with Crippen molar-refractivity contribution in [3.63, 3.8) is 0 Å². The number of benzene rings is 2. The zero-order valence-electron chi connectivity index (χ0n) is 13.6. The third-order valence-electron chi connectivity index (χ3n) is 4.03. The van der Waals surface area contributed by atoms with Crippen LogP contribution in [0.1, 0.15) is 17.4 Å². The Kier molecular flexibility index (Phi) is 3.86. The second-order valence-electron chi connectivity index (χ2n) is 5.57. The van der Waals surface area contributed by atoms with Crippen molar-refractivity contribution in [1.29, 1.82) is 0 Å². The molecule has 0 amide bonds. The first-order valence-electron chi connectivity index (χ1n) is 7.93. The molecule has 1 N–H and O–H groups in total. The first-order chi connectivity index (χ1) is 11.8. The van der Waals surface area contributed by atoms with Crippen molar-refractivity contribution < 1.29 is 9.47 Å². The van der Waals surface area contributed by atoms with Crippen molar-refractivity contribution in [3.8, 4) is 22.8 Å². The van der Waals surface area contributed by atoms with E-state index in [9.17, 15) is 0 Å². The maximum Gasteiger partial charge on any atom is 0.187 e. The summed E-state index contributed by atoms with van der Waals surface area (Å²) in [6.07, 6.45) is 0.921. The van der Waals surface area contributed by atoms with E-state index in [1.807, 2.05) is 37.3 Å². The van der Waals surface area contributed by atoms with E-state index in [1.165, 1.54) is 16.0 Å². The molecule has 2 aromatic carbocycles. The fourth-order valence-electron chi connectivity index (χ4n) is 2.91. The summed E-state index contributed by atoms with van der Waals surface area (Å²) >= 11 is 1.71. The van der Waals surface area contributed by atoms with Crippen molar-refractivity contribution in [3.05, 3.63) is 52.9 Å². The van der Waals surface area contributed by atoms with E-state index in [4.69, 9.17) is 14.5 Å². The van der Waals surface area contributed by atoms with Gasteiger partial charge in [0.25, 0.3) is 0 Å². The lowest BCUT2D eigenvalue weighted by Crippen LogP contribution is -1.93. The van der Waals surface area contributed by atoms with Crippen LogP contribution in [0.4, 0.5) is 10.8 Å². The number of ether oxygens (including phenoxy) is 2. The minimum atomic E-state index is 0.677. The SMILES string of the molecule is CCOc1ccc(Nc2nc3c(s2)Cc2cc(OC)ccc2-3)cc1. The van der Waals surface area contributed by atoms with Gasteiger partial charge in [0.1, 0.15) is 11.5 Å². The number of methoxy groups -OCH3 is 1. The van der Waals surface area contributed by atoms with Crippen LogP contribution in [0.5, 0.6) is 11.5 Å². The molecule has 0 radical (unpaired) electrons. The van der Waals surface area contributed by atoms with Crippen LogP contribution >= 0.6 is 11.3 Å². The van der Waals surface area contributed by atoms with Crippen LogP contribution in [0.25, 0.3) is 11.3 Å². The van der Waals surface area contributed by atoms with Gasteiger partial charge < -0.3 is 14.8 Å². The predicted molar refractivity (Wildman–Crippen MR) is 97.8 cm³/mol. The molecule has 3 aromatic rings. The average molecular weight is 338 g/mol. The Morgan fingerprint density at radius 2 is 1.92 bits per heavy atom. The van der Waals surface area contributed by atoms with Gasteiger partial charge in [-0.25, -0.2) is 4.98 Å². The second-order valence-corrected chi connectivity index (χ2v) is 6.66. The third kappa shape index (κ3) is 2.71. The average Bonchev–Trinajstić information content (AvgIpc) is 3.13. The molecule has 1 aromatic heterocycles. The Balaban J connectivity index is 1.55. The summed E-state index contributed by atoms with van der Waals surface area (Å²) in [5, 5.41) is 4.31. The fourth-order valence-corrected chi connectivity index (χ4v) is 3.93. The molecule has 4 nitrogen and oxygen atoms in total. The van der Waals surface area contributed by atoms with Crippen LogP contribution in [-0.2, 0) is 6.42 Å². The monoisotopic (exact) mass is 338 g/mol. The highest BCUT2D eigenvalue weighted by Crippen LogP contribution is 2.42. The topological polar surface area (TPSA) is 43.4 Å². The summed E-state index contributed by atoms with van der Waals surface area (Å²) in [5.74, 6) is 1.78. The van der Waals surface area contributed by atoms with E-state index in [0.29, 0.717) is 6.61 Å². The van der Waals surface area contributed by atoms with Gasteiger partial charge in [-0.15, -0.1) is 11.3 Å². The first kappa shape index (κ1) is 15.0. The highest BCUT2D eigenvalue weighted by Gasteiger charge is 2.23. The maximum absolute atomic E-state index is 5.47. The van der Waals surface area contributed by atoms with Crippen LogP contribution < -0.4 is 14.8 Å².